The molecule has 1 fully saturated rings. The predicted octanol–water partition coefficient (Wildman–Crippen LogP) is 1.48. The van der Waals surface area contributed by atoms with Crippen LogP contribution >= 0.6 is 12.4 Å². The lowest BCUT2D eigenvalue weighted by molar-refractivity contribution is -0.173. The van der Waals surface area contributed by atoms with Gasteiger partial charge in [0.1, 0.15) is 0 Å². The van der Waals surface area contributed by atoms with E-state index in [9.17, 15) is 18.0 Å². The van der Waals surface area contributed by atoms with Gasteiger partial charge in [-0.3, -0.25) is 4.79 Å². The maximum absolute atomic E-state index is 11.8. The highest BCUT2D eigenvalue weighted by Gasteiger charge is 2.38. The minimum atomic E-state index is -4.76. The van der Waals surface area contributed by atoms with Crippen LogP contribution < -0.4 is 10.6 Å². The van der Waals surface area contributed by atoms with Crippen LogP contribution in [0.2, 0.25) is 0 Å². The molecule has 0 radical (unpaired) electrons. The van der Waals surface area contributed by atoms with Gasteiger partial charge in [-0.15, -0.1) is 12.4 Å². The minimum Gasteiger partial charge on any atom is -0.348 e. The van der Waals surface area contributed by atoms with Crippen LogP contribution in [0.5, 0.6) is 0 Å². The molecule has 0 saturated carbocycles. The lowest BCUT2D eigenvalue weighted by atomic mass is 9.96. The third-order valence-electron chi connectivity index (χ3n) is 2.49. The number of hydrogen-bond donors (Lipinski definition) is 2. The molecule has 16 heavy (non-hydrogen) atoms. The summed E-state index contributed by atoms with van der Waals surface area (Å²) in [5.74, 6) is -1.46. The van der Waals surface area contributed by atoms with Crippen LogP contribution in [-0.4, -0.2) is 31.7 Å². The molecular weight excluding hydrogens is 245 g/mol. The van der Waals surface area contributed by atoms with Crippen LogP contribution in [0.3, 0.4) is 0 Å². The quantitative estimate of drug-likeness (QED) is 0.807. The molecule has 0 aromatic heterocycles. The molecule has 7 heteroatoms. The fourth-order valence-electron chi connectivity index (χ4n) is 1.66. The Balaban J connectivity index is 0.00000225. The first-order valence-electron chi connectivity index (χ1n) is 5.06. The molecule has 0 aromatic carbocycles. The van der Waals surface area contributed by atoms with E-state index in [0.29, 0.717) is 12.3 Å². The minimum absolute atomic E-state index is 0. The Morgan fingerprint density at radius 2 is 2.12 bits per heavy atom. The van der Waals surface area contributed by atoms with Crippen LogP contribution in [-0.2, 0) is 4.79 Å². The standard InChI is InChI=1S/C9H15F3N2O.ClH/c10-9(11,12)8(15)14-5-3-7-2-1-4-13-6-7;/h7,13H,1-6H2,(H,14,15);1H/t7-;/m0./s1. The summed E-state index contributed by atoms with van der Waals surface area (Å²) in [6, 6.07) is 0. The first-order chi connectivity index (χ1) is 7.00. The molecule has 0 unspecified atom stereocenters. The van der Waals surface area contributed by atoms with Crippen molar-refractivity contribution in [3.05, 3.63) is 0 Å². The lowest BCUT2D eigenvalue weighted by Crippen LogP contribution is -2.39. The number of hydrogen-bond acceptors (Lipinski definition) is 2. The Kier molecular flexibility index (Phi) is 6.74. The van der Waals surface area contributed by atoms with Crippen molar-refractivity contribution in [1.29, 1.82) is 0 Å². The van der Waals surface area contributed by atoms with Gasteiger partial charge in [0, 0.05) is 6.54 Å². The van der Waals surface area contributed by atoms with Crippen LogP contribution in [0.1, 0.15) is 19.3 Å². The average Bonchev–Trinajstić information content (AvgIpc) is 2.18. The Morgan fingerprint density at radius 3 is 2.62 bits per heavy atom. The van der Waals surface area contributed by atoms with Crippen LogP contribution in [0.25, 0.3) is 0 Å². The van der Waals surface area contributed by atoms with E-state index >= 15 is 0 Å². The molecule has 1 saturated heterocycles. The average molecular weight is 261 g/mol. The normalized spacial score (nSPS) is 21.1. The van der Waals surface area contributed by atoms with Crippen molar-refractivity contribution in [2.24, 2.45) is 5.92 Å². The second-order valence-corrected chi connectivity index (χ2v) is 3.75. The molecule has 0 aromatic rings. The molecule has 1 amide bonds. The van der Waals surface area contributed by atoms with Gasteiger partial charge in [0.15, 0.2) is 0 Å². The van der Waals surface area contributed by atoms with E-state index in [1.807, 2.05) is 5.32 Å². The highest BCUT2D eigenvalue weighted by atomic mass is 35.5. The summed E-state index contributed by atoms with van der Waals surface area (Å²) in [5.41, 5.74) is 0. The molecule has 1 atom stereocenters. The largest absolute Gasteiger partial charge is 0.471 e. The molecule has 1 rings (SSSR count). The number of carbonyl (C=O) groups is 1. The van der Waals surface area contributed by atoms with Gasteiger partial charge >= 0.3 is 12.1 Å². The van der Waals surface area contributed by atoms with Crippen molar-refractivity contribution in [2.45, 2.75) is 25.4 Å². The summed E-state index contributed by atoms with van der Waals surface area (Å²) >= 11 is 0. The maximum Gasteiger partial charge on any atom is 0.471 e. The highest BCUT2D eigenvalue weighted by molar-refractivity contribution is 5.85. The van der Waals surface area contributed by atoms with Gasteiger partial charge in [0.05, 0.1) is 0 Å². The van der Waals surface area contributed by atoms with Gasteiger partial charge in [-0.05, 0) is 38.3 Å². The van der Waals surface area contributed by atoms with Crippen LogP contribution in [0, 0.1) is 5.92 Å². The predicted molar refractivity (Wildman–Crippen MR) is 56.5 cm³/mol. The smallest absolute Gasteiger partial charge is 0.348 e. The van der Waals surface area contributed by atoms with E-state index in [2.05, 4.69) is 5.32 Å². The van der Waals surface area contributed by atoms with E-state index in [1.54, 1.807) is 0 Å². The molecule has 3 nitrogen and oxygen atoms in total. The summed E-state index contributed by atoms with van der Waals surface area (Å²) in [5, 5.41) is 5.05. The maximum atomic E-state index is 11.8. The van der Waals surface area contributed by atoms with Gasteiger partial charge in [-0.2, -0.15) is 13.2 Å². The van der Waals surface area contributed by atoms with E-state index in [4.69, 9.17) is 0 Å². The number of halogens is 4. The summed E-state index contributed by atoms with van der Waals surface area (Å²) in [6.45, 7) is 1.91. The fraction of sp³-hybridized carbons (Fsp3) is 0.889. The zero-order valence-corrected chi connectivity index (χ0v) is 9.59. The topological polar surface area (TPSA) is 41.1 Å². The molecule has 0 bridgehead atoms. The zero-order chi connectivity index (χ0) is 11.3. The van der Waals surface area contributed by atoms with Gasteiger partial charge in [0.25, 0.3) is 0 Å². The van der Waals surface area contributed by atoms with Crippen LogP contribution in [0.4, 0.5) is 13.2 Å². The Hall–Kier alpha value is -0.490. The lowest BCUT2D eigenvalue weighted by Gasteiger charge is -2.22. The first kappa shape index (κ1) is 15.5. The van der Waals surface area contributed by atoms with E-state index in [0.717, 1.165) is 25.9 Å². The molecule has 2 N–H and O–H groups in total. The van der Waals surface area contributed by atoms with E-state index in [1.165, 1.54) is 0 Å². The first-order valence-corrected chi connectivity index (χ1v) is 5.06. The molecular formula is C9H16ClF3N2O. The number of alkyl halides is 3. The second kappa shape index (κ2) is 6.96. The molecule has 0 aliphatic carbocycles. The fourth-order valence-corrected chi connectivity index (χ4v) is 1.66. The number of nitrogens with one attached hydrogen (secondary N) is 2. The zero-order valence-electron chi connectivity index (χ0n) is 8.77. The van der Waals surface area contributed by atoms with E-state index in [-0.39, 0.29) is 19.0 Å². The molecule has 0 spiro atoms. The number of amides is 1. The second-order valence-electron chi connectivity index (χ2n) is 3.75. The highest BCUT2D eigenvalue weighted by Crippen LogP contribution is 2.15. The third-order valence-corrected chi connectivity index (χ3v) is 2.49. The Bertz CT molecular complexity index is 217. The number of carbonyl (C=O) groups excluding carboxylic acids is 1. The monoisotopic (exact) mass is 260 g/mol. The van der Waals surface area contributed by atoms with Gasteiger partial charge in [-0.1, -0.05) is 0 Å². The van der Waals surface area contributed by atoms with Crippen molar-refractivity contribution in [1.82, 2.24) is 10.6 Å². The number of piperidine rings is 1. The van der Waals surface area contributed by atoms with Crippen LogP contribution in [0.15, 0.2) is 0 Å². The molecule has 96 valence electrons. The SMILES string of the molecule is Cl.O=C(NCC[C@@H]1CCCNC1)C(F)(F)F. The van der Waals surface area contributed by atoms with Crippen molar-refractivity contribution in [2.75, 3.05) is 19.6 Å². The van der Waals surface area contributed by atoms with Crippen molar-refractivity contribution in [3.8, 4) is 0 Å². The summed E-state index contributed by atoms with van der Waals surface area (Å²) in [4.78, 5) is 10.5. The molecule has 1 aliphatic rings. The summed E-state index contributed by atoms with van der Waals surface area (Å²) in [6.07, 6.45) is -2.08. The Labute approximate surface area is 98.6 Å². The Morgan fingerprint density at radius 1 is 1.44 bits per heavy atom. The van der Waals surface area contributed by atoms with Gasteiger partial charge in [0.2, 0.25) is 0 Å². The summed E-state index contributed by atoms with van der Waals surface area (Å²) in [7, 11) is 0. The summed E-state index contributed by atoms with van der Waals surface area (Å²) < 4.78 is 35.4. The van der Waals surface area contributed by atoms with Crippen molar-refractivity contribution in [3.63, 3.8) is 0 Å². The van der Waals surface area contributed by atoms with Crippen molar-refractivity contribution < 1.29 is 18.0 Å². The molecule has 1 heterocycles. The van der Waals surface area contributed by atoms with Crippen molar-refractivity contribution >= 4 is 18.3 Å². The molecule has 1 aliphatic heterocycles. The van der Waals surface area contributed by atoms with Gasteiger partial charge in [-0.25, -0.2) is 0 Å². The third kappa shape index (κ3) is 5.55. The number of rotatable bonds is 3. The van der Waals surface area contributed by atoms with Gasteiger partial charge < -0.3 is 10.6 Å². The van der Waals surface area contributed by atoms with E-state index < -0.39 is 12.1 Å².